The van der Waals surface area contributed by atoms with Crippen LogP contribution in [0.5, 0.6) is 0 Å². The summed E-state index contributed by atoms with van der Waals surface area (Å²) in [6, 6.07) is 3.09. The van der Waals surface area contributed by atoms with Crippen LogP contribution in [-0.4, -0.2) is 42.4 Å². The van der Waals surface area contributed by atoms with Crippen molar-refractivity contribution in [3.63, 3.8) is 0 Å². The fraction of sp³-hybridized carbons (Fsp3) is 0.474. The number of piperidine rings is 1. The van der Waals surface area contributed by atoms with Gasteiger partial charge in [-0.25, -0.2) is 14.4 Å². The molecule has 1 aliphatic rings. The second-order valence-electron chi connectivity index (χ2n) is 6.89. The van der Waals surface area contributed by atoms with Gasteiger partial charge in [0.2, 0.25) is 0 Å². The smallest absolute Gasteiger partial charge is 0.165 e. The normalized spacial score (nSPS) is 15.4. The average Bonchev–Trinajstić information content (AvgIpc) is 3.29. The van der Waals surface area contributed by atoms with E-state index in [-0.39, 0.29) is 5.82 Å². The molecule has 3 aromatic rings. The van der Waals surface area contributed by atoms with Gasteiger partial charge in [0.1, 0.15) is 11.6 Å². The maximum atomic E-state index is 14.0. The van der Waals surface area contributed by atoms with Crippen LogP contribution in [0.3, 0.4) is 0 Å². The number of halogens is 1. The topological polar surface area (TPSA) is 64.7 Å². The fourth-order valence-corrected chi connectivity index (χ4v) is 3.80. The lowest BCUT2D eigenvalue weighted by molar-refractivity contribution is 0.457. The minimum Gasteiger partial charge on any atom is -0.354 e. The van der Waals surface area contributed by atoms with Crippen LogP contribution in [0.4, 0.5) is 10.2 Å². The van der Waals surface area contributed by atoms with E-state index in [1.54, 1.807) is 18.5 Å². The zero-order valence-corrected chi connectivity index (χ0v) is 15.7. The number of anilines is 1. The van der Waals surface area contributed by atoms with E-state index in [2.05, 4.69) is 36.2 Å². The molecule has 0 spiro atoms. The van der Waals surface area contributed by atoms with E-state index in [1.165, 1.54) is 6.07 Å². The summed E-state index contributed by atoms with van der Waals surface area (Å²) in [6.07, 6.45) is 7.23. The molecule has 0 N–H and O–H groups in total. The summed E-state index contributed by atoms with van der Waals surface area (Å²) in [5.74, 6) is 3.47. The van der Waals surface area contributed by atoms with Gasteiger partial charge in [-0.15, -0.1) is 10.2 Å². The first-order chi connectivity index (χ1) is 13.2. The lowest BCUT2D eigenvalue weighted by atomic mass is 9.96. The third kappa shape index (κ3) is 3.43. The summed E-state index contributed by atoms with van der Waals surface area (Å²) in [5, 5.41) is 8.96. The van der Waals surface area contributed by atoms with Crippen molar-refractivity contribution in [1.29, 1.82) is 0 Å². The Hall–Kier alpha value is -2.77. The Morgan fingerprint density at radius 2 is 1.96 bits per heavy atom. The van der Waals surface area contributed by atoms with E-state index in [1.807, 2.05) is 18.0 Å². The van der Waals surface area contributed by atoms with Crippen molar-refractivity contribution < 1.29 is 4.39 Å². The van der Waals surface area contributed by atoms with Crippen LogP contribution in [0.15, 0.2) is 30.7 Å². The molecule has 27 heavy (non-hydrogen) atoms. The molecular formula is C19H24FN7. The Kier molecular flexibility index (Phi) is 4.87. The second kappa shape index (κ2) is 7.46. The van der Waals surface area contributed by atoms with Crippen molar-refractivity contribution in [3.05, 3.63) is 54.0 Å². The van der Waals surface area contributed by atoms with Gasteiger partial charge in [0.15, 0.2) is 17.5 Å². The highest BCUT2D eigenvalue weighted by molar-refractivity contribution is 5.40. The predicted octanol–water partition coefficient (Wildman–Crippen LogP) is 2.77. The average molecular weight is 369 g/mol. The lowest BCUT2D eigenvalue weighted by Crippen LogP contribution is -2.35. The summed E-state index contributed by atoms with van der Waals surface area (Å²) in [5.41, 5.74) is 0. The molecular weight excluding hydrogens is 345 g/mol. The summed E-state index contributed by atoms with van der Waals surface area (Å²) >= 11 is 0. The Morgan fingerprint density at radius 1 is 1.15 bits per heavy atom. The van der Waals surface area contributed by atoms with E-state index in [9.17, 15) is 4.39 Å². The summed E-state index contributed by atoms with van der Waals surface area (Å²) < 4.78 is 18.3. The molecule has 8 heteroatoms. The van der Waals surface area contributed by atoms with Crippen molar-refractivity contribution in [2.75, 3.05) is 18.0 Å². The minimum atomic E-state index is -0.259. The second-order valence-corrected chi connectivity index (χ2v) is 6.89. The number of hydrogen-bond acceptors (Lipinski definition) is 5. The van der Waals surface area contributed by atoms with Crippen LogP contribution in [0.1, 0.15) is 43.2 Å². The zero-order valence-electron chi connectivity index (χ0n) is 15.7. The monoisotopic (exact) mass is 369 g/mol. The summed E-state index contributed by atoms with van der Waals surface area (Å²) in [6.45, 7) is 7.15. The molecule has 142 valence electrons. The number of nitrogens with zero attached hydrogens (tertiary/aromatic N) is 7. The molecule has 4 heterocycles. The van der Waals surface area contributed by atoms with Gasteiger partial charge in [0.05, 0.1) is 6.54 Å². The van der Waals surface area contributed by atoms with Crippen LogP contribution in [0.25, 0.3) is 0 Å². The first-order valence-corrected chi connectivity index (χ1v) is 9.42. The molecule has 0 bridgehead atoms. The standard InChI is InChI=1S/C19H24FN7/c1-3-27-17(13-26-12-9-21-14(26)2)23-24-18(27)15-6-10-25(11-7-15)19-16(20)5-4-8-22-19/h4-5,8-9,12,15H,3,6-7,10-11,13H2,1-2H3. The van der Waals surface area contributed by atoms with Crippen LogP contribution in [0.2, 0.25) is 0 Å². The molecule has 0 radical (unpaired) electrons. The van der Waals surface area contributed by atoms with Gasteiger partial charge in [-0.1, -0.05) is 0 Å². The molecule has 1 aliphatic heterocycles. The van der Waals surface area contributed by atoms with Crippen LogP contribution in [-0.2, 0) is 13.1 Å². The Morgan fingerprint density at radius 3 is 2.63 bits per heavy atom. The SMILES string of the molecule is CCn1c(Cn2ccnc2C)nnc1C1CCN(c2ncccc2F)CC1. The molecule has 1 fully saturated rings. The lowest BCUT2D eigenvalue weighted by Gasteiger charge is -2.32. The van der Waals surface area contributed by atoms with Crippen LogP contribution >= 0.6 is 0 Å². The molecule has 0 aromatic carbocycles. The zero-order chi connectivity index (χ0) is 18.8. The largest absolute Gasteiger partial charge is 0.354 e. The number of aryl methyl sites for hydroxylation is 1. The van der Waals surface area contributed by atoms with E-state index in [0.29, 0.717) is 18.3 Å². The van der Waals surface area contributed by atoms with E-state index in [0.717, 1.165) is 49.9 Å². The molecule has 3 aromatic heterocycles. The molecule has 0 amide bonds. The maximum absolute atomic E-state index is 14.0. The quantitative estimate of drug-likeness (QED) is 0.692. The van der Waals surface area contributed by atoms with Crippen LogP contribution < -0.4 is 4.90 Å². The van der Waals surface area contributed by atoms with Crippen molar-refractivity contribution in [2.24, 2.45) is 0 Å². The van der Waals surface area contributed by atoms with E-state index >= 15 is 0 Å². The van der Waals surface area contributed by atoms with Gasteiger partial charge in [-0.3, -0.25) is 0 Å². The Bertz CT molecular complexity index is 908. The highest BCUT2D eigenvalue weighted by Gasteiger charge is 2.27. The summed E-state index contributed by atoms with van der Waals surface area (Å²) in [4.78, 5) is 10.5. The predicted molar refractivity (Wildman–Crippen MR) is 100 cm³/mol. The van der Waals surface area contributed by atoms with Gasteiger partial charge in [0.25, 0.3) is 0 Å². The van der Waals surface area contributed by atoms with Gasteiger partial charge < -0.3 is 14.0 Å². The molecule has 4 rings (SSSR count). The number of rotatable bonds is 5. The van der Waals surface area contributed by atoms with Crippen molar-refractivity contribution in [1.82, 2.24) is 29.3 Å². The van der Waals surface area contributed by atoms with Crippen molar-refractivity contribution >= 4 is 5.82 Å². The first kappa shape index (κ1) is 17.6. The van der Waals surface area contributed by atoms with Gasteiger partial charge >= 0.3 is 0 Å². The van der Waals surface area contributed by atoms with E-state index in [4.69, 9.17) is 0 Å². The van der Waals surface area contributed by atoms with Crippen LogP contribution in [0, 0.1) is 12.7 Å². The van der Waals surface area contributed by atoms with Gasteiger partial charge in [-0.05, 0) is 38.8 Å². The third-order valence-corrected chi connectivity index (χ3v) is 5.31. The third-order valence-electron chi connectivity index (χ3n) is 5.31. The first-order valence-electron chi connectivity index (χ1n) is 9.42. The number of imidazole rings is 1. The van der Waals surface area contributed by atoms with Gasteiger partial charge in [0, 0.05) is 44.1 Å². The molecule has 0 aliphatic carbocycles. The molecule has 7 nitrogen and oxygen atoms in total. The minimum absolute atomic E-state index is 0.259. The number of pyridine rings is 1. The van der Waals surface area contributed by atoms with Crippen molar-refractivity contribution in [2.45, 2.75) is 45.7 Å². The highest BCUT2D eigenvalue weighted by Crippen LogP contribution is 2.30. The van der Waals surface area contributed by atoms with Gasteiger partial charge in [-0.2, -0.15) is 0 Å². The summed E-state index contributed by atoms with van der Waals surface area (Å²) in [7, 11) is 0. The van der Waals surface area contributed by atoms with E-state index < -0.39 is 0 Å². The molecule has 0 unspecified atom stereocenters. The molecule has 1 saturated heterocycles. The molecule has 0 saturated carbocycles. The number of hydrogen-bond donors (Lipinski definition) is 0. The molecule has 0 atom stereocenters. The Labute approximate surface area is 157 Å². The Balaban J connectivity index is 1.48. The van der Waals surface area contributed by atoms with Crippen molar-refractivity contribution in [3.8, 4) is 0 Å². The maximum Gasteiger partial charge on any atom is 0.165 e. The fourth-order valence-electron chi connectivity index (χ4n) is 3.80. The highest BCUT2D eigenvalue weighted by atomic mass is 19.1. The number of aromatic nitrogens is 6.